The van der Waals surface area contributed by atoms with Gasteiger partial charge >= 0.3 is 8.60 Å². The minimum atomic E-state index is -2.36. The predicted octanol–water partition coefficient (Wildman–Crippen LogP) is 7.13. The smallest absolute Gasteiger partial charge is 0.327 e. The van der Waals surface area contributed by atoms with Gasteiger partial charge in [0.15, 0.2) is 7.59 Å². The molecule has 0 radical (unpaired) electrons. The van der Waals surface area contributed by atoms with Crippen molar-refractivity contribution in [2.75, 3.05) is 6.61 Å². The topological polar surface area (TPSA) is 49.7 Å². The summed E-state index contributed by atoms with van der Waals surface area (Å²) in [5.74, 6) is 0.0851. The van der Waals surface area contributed by atoms with E-state index < -0.39 is 16.2 Å². The van der Waals surface area contributed by atoms with Gasteiger partial charge in [-0.25, -0.2) is 0 Å². The standard InChI is InChI=1S/C12H19Cl8O3P/c13-9(6-11(15,16)17)4-8(2-1-3-23-24(21)22)5-10(14)7-12(18,19)20/h8-10,21-22H,1-7H2. The SMILES string of the molecule is OP(O)OCCCC(CC(Cl)CC(Cl)(Cl)Cl)CC(Cl)CC(Cl)(Cl)Cl. The van der Waals surface area contributed by atoms with Crippen LogP contribution in [0, 0.1) is 5.92 Å². The number of rotatable bonds is 11. The molecular weight excluding hydrogens is 507 g/mol. The van der Waals surface area contributed by atoms with Crippen molar-refractivity contribution < 1.29 is 14.3 Å². The molecule has 2 atom stereocenters. The van der Waals surface area contributed by atoms with Gasteiger partial charge < -0.3 is 14.3 Å². The molecule has 12 heteroatoms. The molecule has 0 saturated heterocycles. The van der Waals surface area contributed by atoms with Gasteiger partial charge in [0.05, 0.1) is 6.61 Å². The van der Waals surface area contributed by atoms with E-state index in [1.807, 2.05) is 0 Å². The molecule has 0 aromatic rings. The Hall–Kier alpha value is 2.63. The van der Waals surface area contributed by atoms with E-state index in [0.29, 0.717) is 25.7 Å². The van der Waals surface area contributed by atoms with Gasteiger partial charge in [-0.15, -0.1) is 23.2 Å². The van der Waals surface area contributed by atoms with Crippen molar-refractivity contribution in [3.8, 4) is 0 Å². The Bertz CT molecular complexity index is 313. The molecule has 0 heterocycles. The summed E-state index contributed by atoms with van der Waals surface area (Å²) in [6, 6.07) is 0. The van der Waals surface area contributed by atoms with Crippen LogP contribution in [0.25, 0.3) is 0 Å². The lowest BCUT2D eigenvalue weighted by Gasteiger charge is -2.25. The third-order valence-electron chi connectivity index (χ3n) is 3.05. The maximum atomic E-state index is 8.73. The average Bonchev–Trinajstić information content (AvgIpc) is 2.28. The summed E-state index contributed by atoms with van der Waals surface area (Å²) in [5, 5.41) is -0.708. The van der Waals surface area contributed by atoms with E-state index in [4.69, 9.17) is 107 Å². The normalized spacial score (nSPS) is 17.1. The van der Waals surface area contributed by atoms with E-state index >= 15 is 0 Å². The fraction of sp³-hybridized carbons (Fsp3) is 1.00. The molecule has 0 aliphatic heterocycles. The van der Waals surface area contributed by atoms with E-state index in [1.165, 1.54) is 0 Å². The Morgan fingerprint density at radius 1 is 0.833 bits per heavy atom. The molecule has 0 aromatic carbocycles. The summed E-state index contributed by atoms with van der Waals surface area (Å²) < 4.78 is 1.89. The van der Waals surface area contributed by atoms with Gasteiger partial charge in [-0.1, -0.05) is 69.6 Å². The first-order valence-electron chi connectivity index (χ1n) is 7.01. The Kier molecular flexibility index (Phi) is 14.4. The van der Waals surface area contributed by atoms with E-state index in [1.54, 1.807) is 0 Å². The van der Waals surface area contributed by atoms with Crippen LogP contribution in [0.3, 0.4) is 0 Å². The predicted molar refractivity (Wildman–Crippen MR) is 108 cm³/mol. The molecule has 24 heavy (non-hydrogen) atoms. The summed E-state index contributed by atoms with van der Waals surface area (Å²) in [6.07, 6.45) is 2.80. The number of hydrogen-bond donors (Lipinski definition) is 2. The summed E-state index contributed by atoms with van der Waals surface area (Å²) in [6.45, 7) is 0.212. The maximum absolute atomic E-state index is 8.73. The van der Waals surface area contributed by atoms with E-state index in [-0.39, 0.29) is 36.1 Å². The first kappa shape index (κ1) is 26.6. The minimum Gasteiger partial charge on any atom is -0.328 e. The van der Waals surface area contributed by atoms with Crippen LogP contribution in [0.15, 0.2) is 0 Å². The Balaban J connectivity index is 4.52. The quantitative estimate of drug-likeness (QED) is 0.171. The zero-order valence-corrected chi connectivity index (χ0v) is 19.4. The summed E-state index contributed by atoms with van der Waals surface area (Å²) >= 11 is 47.1. The van der Waals surface area contributed by atoms with Gasteiger partial charge in [-0.2, -0.15) is 0 Å². The Morgan fingerprint density at radius 2 is 1.25 bits per heavy atom. The fourth-order valence-corrected chi connectivity index (χ4v) is 5.09. The highest BCUT2D eigenvalue weighted by Crippen LogP contribution is 2.38. The Labute approximate surface area is 184 Å². The second-order valence-corrected chi connectivity index (χ2v) is 12.4. The lowest BCUT2D eigenvalue weighted by Crippen LogP contribution is -2.20. The zero-order valence-electron chi connectivity index (χ0n) is 12.5. The van der Waals surface area contributed by atoms with Gasteiger partial charge in [0.2, 0.25) is 0 Å². The van der Waals surface area contributed by atoms with Crippen LogP contribution in [0.1, 0.15) is 38.5 Å². The van der Waals surface area contributed by atoms with Crippen molar-refractivity contribution >= 4 is 101 Å². The molecule has 2 unspecified atom stereocenters. The largest absolute Gasteiger partial charge is 0.328 e. The van der Waals surface area contributed by atoms with Crippen molar-refractivity contribution in [1.29, 1.82) is 0 Å². The molecule has 0 saturated carbocycles. The van der Waals surface area contributed by atoms with Crippen molar-refractivity contribution in [1.82, 2.24) is 0 Å². The van der Waals surface area contributed by atoms with Crippen molar-refractivity contribution in [3.63, 3.8) is 0 Å². The van der Waals surface area contributed by atoms with Crippen LogP contribution in [0.5, 0.6) is 0 Å². The van der Waals surface area contributed by atoms with Gasteiger partial charge in [-0.3, -0.25) is 0 Å². The monoisotopic (exact) mass is 522 g/mol. The van der Waals surface area contributed by atoms with Crippen molar-refractivity contribution in [3.05, 3.63) is 0 Å². The maximum Gasteiger partial charge on any atom is 0.327 e. The summed E-state index contributed by atoms with van der Waals surface area (Å²) in [5.41, 5.74) is 0. The van der Waals surface area contributed by atoms with Gasteiger partial charge in [0.1, 0.15) is 0 Å². The van der Waals surface area contributed by atoms with E-state index in [2.05, 4.69) is 0 Å². The van der Waals surface area contributed by atoms with Crippen LogP contribution in [0.4, 0.5) is 0 Å². The van der Waals surface area contributed by atoms with Crippen LogP contribution in [-0.2, 0) is 4.52 Å². The molecule has 146 valence electrons. The molecule has 0 aromatic heterocycles. The third-order valence-corrected chi connectivity index (χ3v) is 5.05. The fourth-order valence-electron chi connectivity index (χ4n) is 2.24. The number of hydrogen-bond acceptors (Lipinski definition) is 3. The second-order valence-electron chi connectivity index (χ2n) is 5.40. The molecule has 0 bridgehead atoms. The second kappa shape index (κ2) is 13.0. The lowest BCUT2D eigenvalue weighted by atomic mass is 9.91. The molecular formula is C12H19Cl8O3P. The first-order chi connectivity index (χ1) is 10.8. The van der Waals surface area contributed by atoms with Crippen LogP contribution in [0.2, 0.25) is 0 Å². The molecule has 0 rings (SSSR count). The highest BCUT2D eigenvalue weighted by Gasteiger charge is 2.29. The minimum absolute atomic E-state index is 0.0851. The molecule has 0 spiro atoms. The molecule has 0 amide bonds. The number of alkyl halides is 8. The van der Waals surface area contributed by atoms with Crippen LogP contribution < -0.4 is 0 Å². The van der Waals surface area contributed by atoms with Crippen molar-refractivity contribution in [2.24, 2.45) is 5.92 Å². The molecule has 0 fully saturated rings. The Morgan fingerprint density at radius 3 is 1.58 bits per heavy atom. The van der Waals surface area contributed by atoms with E-state index in [0.717, 1.165) is 0 Å². The van der Waals surface area contributed by atoms with Gasteiger partial charge in [0, 0.05) is 23.6 Å². The van der Waals surface area contributed by atoms with Crippen LogP contribution in [-0.4, -0.2) is 34.7 Å². The van der Waals surface area contributed by atoms with Gasteiger partial charge in [-0.05, 0) is 31.6 Å². The first-order valence-corrected chi connectivity index (χ1v) is 11.3. The molecule has 0 aliphatic rings. The lowest BCUT2D eigenvalue weighted by molar-refractivity contribution is 0.238. The summed E-state index contributed by atoms with van der Waals surface area (Å²) in [4.78, 5) is 17.5. The summed E-state index contributed by atoms with van der Waals surface area (Å²) in [7, 11) is -2.36. The molecule has 2 N–H and O–H groups in total. The van der Waals surface area contributed by atoms with Gasteiger partial charge in [0.25, 0.3) is 0 Å². The third kappa shape index (κ3) is 18.0. The average molecular weight is 526 g/mol. The van der Waals surface area contributed by atoms with E-state index in [9.17, 15) is 0 Å². The highest BCUT2D eigenvalue weighted by molar-refractivity contribution is 7.39. The van der Waals surface area contributed by atoms with Crippen LogP contribution >= 0.6 is 101 Å². The number of halogens is 8. The molecule has 3 nitrogen and oxygen atoms in total. The zero-order chi connectivity index (χ0) is 19.0. The van der Waals surface area contributed by atoms with Crippen molar-refractivity contribution in [2.45, 2.75) is 56.9 Å². The molecule has 0 aliphatic carbocycles. The highest BCUT2D eigenvalue weighted by atomic mass is 35.6.